The van der Waals surface area contributed by atoms with Gasteiger partial charge in [-0.3, -0.25) is 0 Å². The maximum Gasteiger partial charge on any atom is 0.338 e. The Bertz CT molecular complexity index is 1880. The Balaban J connectivity index is 1.28. The summed E-state index contributed by atoms with van der Waals surface area (Å²) in [7, 11) is -3.14. The molecule has 0 aromatic heterocycles. The Morgan fingerprint density at radius 1 is 0.783 bits per heavy atom. The monoisotopic (exact) mass is 845 g/mol. The van der Waals surface area contributed by atoms with Gasteiger partial charge in [-0.25, -0.2) is 4.79 Å². The fraction of sp³-hybridized carbons (Fsp3) is 0.578. The minimum atomic E-state index is -3.14. The van der Waals surface area contributed by atoms with Crippen molar-refractivity contribution in [2.45, 2.75) is 121 Å². The molecule has 15 heteroatoms. The van der Waals surface area contributed by atoms with Crippen LogP contribution in [0.5, 0.6) is 0 Å². The summed E-state index contributed by atoms with van der Waals surface area (Å²) in [5.41, 5.74) is 10.3. The van der Waals surface area contributed by atoms with Gasteiger partial charge in [-0.2, -0.15) is 0 Å². The summed E-state index contributed by atoms with van der Waals surface area (Å²) in [5.74, 6) is -1.86. The van der Waals surface area contributed by atoms with Crippen LogP contribution in [0.2, 0.25) is 5.04 Å². The van der Waals surface area contributed by atoms with Crippen molar-refractivity contribution < 1.29 is 52.6 Å². The zero-order chi connectivity index (χ0) is 42.8. The standard InChI is InChI=1S/C45H59N3O11Si/c1-26-27(2)42-52-24-34(55-42)38(26)58-43-36(47-48-46)28(3)39(59-44-40(29(4)37(50)33(23-49)54-44)57-41(51)30-17-11-8-12-18-30)35(56-43)25-53-60(45(5,6)7,31-19-13-9-14-20-31)32-21-15-10-16-22-32/h8-22,26-29,33-40,42-44,49-50H,23-25H2,1-7H3/t26-,27+,28-,29+,33?,34?,35?,36?,37+,38?,39+,40?,42?,43+,44+/m1/s1. The lowest BCUT2D eigenvalue weighted by Crippen LogP contribution is -2.68. The van der Waals surface area contributed by atoms with Gasteiger partial charge in [-0.05, 0) is 44.9 Å². The van der Waals surface area contributed by atoms with Gasteiger partial charge in [0.15, 0.2) is 25.0 Å². The summed E-state index contributed by atoms with van der Waals surface area (Å²) in [6, 6.07) is 28.1. The molecular formula is C45H59N3O11Si. The van der Waals surface area contributed by atoms with Gasteiger partial charge in [0.2, 0.25) is 0 Å². The number of azide groups is 1. The summed E-state index contributed by atoms with van der Waals surface area (Å²) in [6.07, 6.45) is -8.48. The third-order valence-electron chi connectivity index (χ3n) is 13.0. The lowest BCUT2D eigenvalue weighted by Gasteiger charge is -2.50. The number of aliphatic hydroxyl groups is 2. The normalized spacial score (nSPS) is 35.6. The van der Waals surface area contributed by atoms with Gasteiger partial charge in [-0.1, -0.05) is 132 Å². The predicted octanol–water partition coefficient (Wildman–Crippen LogP) is 5.34. The van der Waals surface area contributed by atoms with Crippen molar-refractivity contribution in [2.75, 3.05) is 19.8 Å². The molecule has 4 aliphatic rings. The molecule has 4 aliphatic heterocycles. The van der Waals surface area contributed by atoms with E-state index in [-0.39, 0.29) is 35.9 Å². The van der Waals surface area contributed by atoms with Gasteiger partial charge in [0.1, 0.15) is 18.3 Å². The number of rotatable bonds is 13. The Morgan fingerprint density at radius 3 is 1.95 bits per heavy atom. The zero-order valence-corrected chi connectivity index (χ0v) is 36.4. The highest BCUT2D eigenvalue weighted by atomic mass is 28.4. The molecule has 7 rings (SSSR count). The van der Waals surface area contributed by atoms with E-state index in [1.165, 1.54) is 0 Å². The van der Waals surface area contributed by atoms with E-state index in [2.05, 4.69) is 68.9 Å². The van der Waals surface area contributed by atoms with Crippen LogP contribution >= 0.6 is 0 Å². The first-order valence-corrected chi connectivity index (χ1v) is 22.9. The van der Waals surface area contributed by atoms with Crippen molar-refractivity contribution in [3.63, 3.8) is 0 Å². The van der Waals surface area contributed by atoms with E-state index in [0.717, 1.165) is 10.4 Å². The third-order valence-corrected chi connectivity index (χ3v) is 18.0. The van der Waals surface area contributed by atoms with E-state index < -0.39 is 88.0 Å². The number of nitrogens with zero attached hydrogens (tertiary/aromatic N) is 3. The summed E-state index contributed by atoms with van der Waals surface area (Å²) < 4.78 is 52.7. The number of carbonyl (C=O) groups excluding carboxylic acids is 1. The van der Waals surface area contributed by atoms with Gasteiger partial charge < -0.3 is 47.8 Å². The molecule has 7 unspecified atom stereocenters. The third kappa shape index (κ3) is 8.68. The highest BCUT2D eigenvalue weighted by Crippen LogP contribution is 2.43. The number of esters is 1. The summed E-state index contributed by atoms with van der Waals surface area (Å²) >= 11 is 0. The molecule has 4 saturated heterocycles. The molecule has 324 valence electrons. The summed E-state index contributed by atoms with van der Waals surface area (Å²) in [4.78, 5) is 16.8. The smallest absolute Gasteiger partial charge is 0.338 e. The van der Waals surface area contributed by atoms with Crippen LogP contribution in [0.3, 0.4) is 0 Å². The van der Waals surface area contributed by atoms with Gasteiger partial charge in [0.05, 0.1) is 49.7 Å². The van der Waals surface area contributed by atoms with Crippen molar-refractivity contribution in [3.05, 3.63) is 107 Å². The van der Waals surface area contributed by atoms with Gasteiger partial charge in [0, 0.05) is 16.7 Å². The molecule has 14 nitrogen and oxygen atoms in total. The second-order valence-electron chi connectivity index (χ2n) is 17.7. The van der Waals surface area contributed by atoms with Crippen LogP contribution in [0.15, 0.2) is 96.1 Å². The minimum Gasteiger partial charge on any atom is -0.453 e. The quantitative estimate of drug-likeness (QED) is 0.0746. The molecule has 0 radical (unpaired) electrons. The number of hydrogen-bond donors (Lipinski definition) is 2. The van der Waals surface area contributed by atoms with Crippen LogP contribution in [0.4, 0.5) is 0 Å². The second-order valence-corrected chi connectivity index (χ2v) is 22.0. The molecule has 0 aliphatic carbocycles. The van der Waals surface area contributed by atoms with E-state index in [1.807, 2.05) is 43.3 Å². The molecule has 0 amide bonds. The van der Waals surface area contributed by atoms with Gasteiger partial charge in [0.25, 0.3) is 8.32 Å². The Labute approximate surface area is 353 Å². The van der Waals surface area contributed by atoms with Crippen molar-refractivity contribution >= 4 is 24.7 Å². The predicted molar refractivity (Wildman–Crippen MR) is 224 cm³/mol. The number of benzene rings is 3. The topological polar surface area (TPSA) is 180 Å². The Kier molecular flexibility index (Phi) is 13.8. The van der Waals surface area contributed by atoms with E-state index >= 15 is 0 Å². The number of aliphatic hydroxyl groups excluding tert-OH is 2. The SMILES string of the molecule is C[C@@H]1C(OC(=O)c2ccccc2)[C@H](O[C@@H]2C(CO[Si](c3ccccc3)(c3ccccc3)C(C)(C)C)O[C@@H](OC3C4COC(O4)[C@@H](C)[C@H]3C)C(N=[N+]=[N-])[C@H]2C)OC(CO)[C@H]1O. The van der Waals surface area contributed by atoms with E-state index in [0.29, 0.717) is 12.2 Å². The average molecular weight is 846 g/mol. The van der Waals surface area contributed by atoms with Crippen LogP contribution in [0.1, 0.15) is 58.8 Å². The van der Waals surface area contributed by atoms with E-state index in [4.69, 9.17) is 37.6 Å². The lowest BCUT2D eigenvalue weighted by atomic mass is 9.85. The molecule has 4 fully saturated rings. The molecular weight excluding hydrogens is 787 g/mol. The highest BCUT2D eigenvalue weighted by Gasteiger charge is 2.56. The van der Waals surface area contributed by atoms with Crippen molar-refractivity contribution in [1.29, 1.82) is 0 Å². The summed E-state index contributed by atoms with van der Waals surface area (Å²) in [5, 5.41) is 27.5. The second kappa shape index (κ2) is 18.7. The first-order valence-electron chi connectivity index (χ1n) is 21.0. The number of ether oxygens (including phenoxy) is 7. The Hall–Kier alpha value is -3.70. The van der Waals surface area contributed by atoms with Crippen LogP contribution in [-0.2, 0) is 37.6 Å². The van der Waals surface area contributed by atoms with Gasteiger partial charge >= 0.3 is 5.97 Å². The molecule has 15 atom stereocenters. The minimum absolute atomic E-state index is 0.0235. The first kappa shape index (κ1) is 44.4. The van der Waals surface area contributed by atoms with Gasteiger partial charge in [-0.15, -0.1) is 0 Å². The van der Waals surface area contributed by atoms with Crippen molar-refractivity contribution in [3.8, 4) is 0 Å². The highest BCUT2D eigenvalue weighted by molar-refractivity contribution is 6.99. The molecule has 3 aromatic rings. The Morgan fingerprint density at radius 2 is 1.37 bits per heavy atom. The largest absolute Gasteiger partial charge is 0.453 e. The lowest BCUT2D eigenvalue weighted by molar-refractivity contribution is -0.342. The van der Waals surface area contributed by atoms with Crippen LogP contribution in [-0.4, -0.2) is 112 Å². The number of carbonyl (C=O) groups is 1. The molecule has 4 heterocycles. The molecule has 2 N–H and O–H groups in total. The van der Waals surface area contributed by atoms with Crippen molar-refractivity contribution in [1.82, 2.24) is 0 Å². The van der Waals surface area contributed by atoms with E-state index in [9.17, 15) is 20.5 Å². The summed E-state index contributed by atoms with van der Waals surface area (Å²) in [6.45, 7) is 14.2. The van der Waals surface area contributed by atoms with E-state index in [1.54, 1.807) is 37.3 Å². The number of fused-ring (bicyclic) bond motifs is 2. The zero-order valence-electron chi connectivity index (χ0n) is 35.4. The van der Waals surface area contributed by atoms with Crippen LogP contribution in [0.25, 0.3) is 10.4 Å². The first-order chi connectivity index (χ1) is 28.8. The van der Waals surface area contributed by atoms with Crippen LogP contribution < -0.4 is 10.4 Å². The van der Waals surface area contributed by atoms with Crippen LogP contribution in [0, 0.1) is 23.7 Å². The molecule has 0 spiro atoms. The number of hydrogen-bond acceptors (Lipinski definition) is 12. The maximum absolute atomic E-state index is 13.5. The molecule has 60 heavy (non-hydrogen) atoms. The molecule has 0 saturated carbocycles. The fourth-order valence-electron chi connectivity index (χ4n) is 9.35. The average Bonchev–Trinajstić information content (AvgIpc) is 3.71. The molecule has 3 aromatic carbocycles. The fourth-order valence-corrected chi connectivity index (χ4v) is 13.9. The maximum atomic E-state index is 13.5. The van der Waals surface area contributed by atoms with Crippen molar-refractivity contribution in [2.24, 2.45) is 28.8 Å². The molecule has 2 bridgehead atoms.